The number of methoxy groups -OCH3 is 2. The number of nitrogens with zero attached hydrogens (tertiary/aromatic N) is 1. The van der Waals surface area contributed by atoms with Gasteiger partial charge in [-0.25, -0.2) is 4.79 Å². The predicted molar refractivity (Wildman–Crippen MR) is 73.1 cm³/mol. The molecule has 0 aliphatic carbocycles. The first-order valence-electron chi connectivity index (χ1n) is 6.14. The molecule has 0 spiro atoms. The van der Waals surface area contributed by atoms with E-state index >= 15 is 0 Å². The summed E-state index contributed by atoms with van der Waals surface area (Å²) >= 11 is 0. The van der Waals surface area contributed by atoms with Crippen molar-refractivity contribution in [3.63, 3.8) is 0 Å². The number of rotatable bonds is 5. The van der Waals surface area contributed by atoms with Crippen LogP contribution in [0.25, 0.3) is 11.3 Å². The Morgan fingerprint density at radius 2 is 1.80 bits per heavy atom. The minimum Gasteiger partial charge on any atom is -0.497 e. The van der Waals surface area contributed by atoms with Crippen LogP contribution in [0, 0.1) is 0 Å². The van der Waals surface area contributed by atoms with Crippen LogP contribution in [0.15, 0.2) is 24.3 Å². The smallest absolute Gasteiger partial charge is 0.356 e. The monoisotopic (exact) mass is 276 g/mol. The van der Waals surface area contributed by atoms with Crippen molar-refractivity contribution in [3.8, 4) is 22.8 Å². The number of carbonyl (C=O) groups is 1. The minimum absolute atomic E-state index is 0.309. The van der Waals surface area contributed by atoms with E-state index in [1.54, 1.807) is 33.3 Å². The first-order valence-corrected chi connectivity index (χ1v) is 6.14. The number of benzene rings is 1. The van der Waals surface area contributed by atoms with Gasteiger partial charge in [-0.15, -0.1) is 0 Å². The largest absolute Gasteiger partial charge is 0.497 e. The highest BCUT2D eigenvalue weighted by atomic mass is 16.5. The lowest BCUT2D eigenvalue weighted by atomic mass is 10.1. The molecule has 1 heterocycles. The molecule has 0 aliphatic rings. The van der Waals surface area contributed by atoms with Crippen LogP contribution in [0.1, 0.15) is 17.4 Å². The van der Waals surface area contributed by atoms with E-state index in [1.165, 1.54) is 0 Å². The van der Waals surface area contributed by atoms with Gasteiger partial charge in [-0.2, -0.15) is 5.10 Å². The molecular formula is C14H16N2O4. The Bertz CT molecular complexity index is 585. The average Bonchev–Trinajstić information content (AvgIpc) is 2.97. The first-order chi connectivity index (χ1) is 9.67. The fourth-order valence-corrected chi connectivity index (χ4v) is 1.74. The van der Waals surface area contributed by atoms with Gasteiger partial charge in [0.2, 0.25) is 0 Å². The topological polar surface area (TPSA) is 73.4 Å². The highest BCUT2D eigenvalue weighted by molar-refractivity contribution is 5.88. The molecule has 0 fully saturated rings. The standard InChI is InChI=1S/C14H16N2O4/c1-4-20-14(17)13-8-12(15-16-13)9-5-10(18-2)7-11(6-9)19-3/h5-8H,4H2,1-3H3,(H,15,16). The highest BCUT2D eigenvalue weighted by Gasteiger charge is 2.13. The highest BCUT2D eigenvalue weighted by Crippen LogP contribution is 2.28. The zero-order valence-corrected chi connectivity index (χ0v) is 11.6. The molecule has 106 valence electrons. The molecule has 2 aromatic rings. The molecule has 0 saturated carbocycles. The van der Waals surface area contributed by atoms with Crippen molar-refractivity contribution in [3.05, 3.63) is 30.0 Å². The van der Waals surface area contributed by atoms with Crippen molar-refractivity contribution < 1.29 is 19.0 Å². The Labute approximate surface area is 116 Å². The molecule has 0 bridgehead atoms. The lowest BCUT2D eigenvalue weighted by molar-refractivity contribution is 0.0519. The van der Waals surface area contributed by atoms with E-state index in [1.807, 2.05) is 12.1 Å². The summed E-state index contributed by atoms with van der Waals surface area (Å²) in [5, 5.41) is 6.76. The van der Waals surface area contributed by atoms with Crippen LogP contribution >= 0.6 is 0 Å². The number of esters is 1. The summed E-state index contributed by atoms with van der Waals surface area (Å²) < 4.78 is 15.3. The Morgan fingerprint density at radius 1 is 1.15 bits per heavy atom. The third-order valence-corrected chi connectivity index (χ3v) is 2.72. The molecular weight excluding hydrogens is 260 g/mol. The van der Waals surface area contributed by atoms with Gasteiger partial charge in [-0.05, 0) is 25.1 Å². The summed E-state index contributed by atoms with van der Waals surface area (Å²) in [5.41, 5.74) is 1.71. The lowest BCUT2D eigenvalue weighted by Crippen LogP contribution is -2.04. The summed E-state index contributed by atoms with van der Waals surface area (Å²) in [5.74, 6) is 0.876. The van der Waals surface area contributed by atoms with Gasteiger partial charge in [0, 0.05) is 11.6 Å². The van der Waals surface area contributed by atoms with Crippen LogP contribution in [0.2, 0.25) is 0 Å². The number of ether oxygens (including phenoxy) is 3. The van der Waals surface area contributed by atoms with E-state index in [-0.39, 0.29) is 0 Å². The van der Waals surface area contributed by atoms with E-state index < -0.39 is 5.97 Å². The molecule has 0 amide bonds. The zero-order valence-electron chi connectivity index (χ0n) is 11.6. The molecule has 0 atom stereocenters. The SMILES string of the molecule is CCOC(=O)c1cc(-c2cc(OC)cc(OC)c2)n[nH]1. The van der Waals surface area contributed by atoms with Crippen molar-refractivity contribution in [2.24, 2.45) is 0 Å². The quantitative estimate of drug-likeness (QED) is 0.848. The molecule has 1 N–H and O–H groups in total. The van der Waals surface area contributed by atoms with Crippen LogP contribution in [-0.2, 0) is 4.74 Å². The van der Waals surface area contributed by atoms with Gasteiger partial charge >= 0.3 is 5.97 Å². The van der Waals surface area contributed by atoms with E-state index in [0.717, 1.165) is 5.56 Å². The van der Waals surface area contributed by atoms with Gasteiger partial charge < -0.3 is 14.2 Å². The summed E-state index contributed by atoms with van der Waals surface area (Å²) in [6.07, 6.45) is 0. The second-order valence-electron chi connectivity index (χ2n) is 3.99. The van der Waals surface area contributed by atoms with Crippen LogP contribution in [-0.4, -0.2) is 37.0 Å². The molecule has 0 unspecified atom stereocenters. The molecule has 0 saturated heterocycles. The maximum absolute atomic E-state index is 11.6. The van der Waals surface area contributed by atoms with Gasteiger partial charge in [0.25, 0.3) is 0 Å². The third-order valence-electron chi connectivity index (χ3n) is 2.72. The zero-order chi connectivity index (χ0) is 14.5. The van der Waals surface area contributed by atoms with Gasteiger partial charge in [0.1, 0.15) is 17.2 Å². The Kier molecular flexibility index (Phi) is 4.24. The van der Waals surface area contributed by atoms with E-state index in [2.05, 4.69) is 10.2 Å². The second kappa shape index (κ2) is 6.10. The van der Waals surface area contributed by atoms with E-state index in [9.17, 15) is 4.79 Å². The molecule has 1 aromatic heterocycles. The van der Waals surface area contributed by atoms with Crippen LogP contribution in [0.3, 0.4) is 0 Å². The number of aromatic amines is 1. The molecule has 2 rings (SSSR count). The number of hydrogen-bond donors (Lipinski definition) is 1. The number of H-pyrrole nitrogens is 1. The summed E-state index contributed by atoms with van der Waals surface area (Å²) in [6.45, 7) is 2.07. The fourth-order valence-electron chi connectivity index (χ4n) is 1.74. The average molecular weight is 276 g/mol. The summed E-state index contributed by atoms with van der Waals surface area (Å²) in [4.78, 5) is 11.6. The lowest BCUT2D eigenvalue weighted by Gasteiger charge is -2.06. The predicted octanol–water partition coefficient (Wildman–Crippen LogP) is 2.27. The molecule has 20 heavy (non-hydrogen) atoms. The Hall–Kier alpha value is -2.50. The Morgan fingerprint density at radius 3 is 2.35 bits per heavy atom. The van der Waals surface area contributed by atoms with Crippen LogP contribution in [0.4, 0.5) is 0 Å². The molecule has 0 aliphatic heterocycles. The van der Waals surface area contributed by atoms with E-state index in [0.29, 0.717) is 29.5 Å². The van der Waals surface area contributed by atoms with Crippen molar-refractivity contribution in [2.45, 2.75) is 6.92 Å². The maximum atomic E-state index is 11.6. The number of nitrogens with one attached hydrogen (secondary N) is 1. The van der Waals surface area contributed by atoms with Gasteiger partial charge in [-0.3, -0.25) is 5.10 Å². The number of aromatic nitrogens is 2. The molecule has 0 radical (unpaired) electrons. The van der Waals surface area contributed by atoms with Gasteiger partial charge in [0.15, 0.2) is 0 Å². The van der Waals surface area contributed by atoms with E-state index in [4.69, 9.17) is 14.2 Å². The van der Waals surface area contributed by atoms with Gasteiger partial charge in [-0.1, -0.05) is 0 Å². The summed E-state index contributed by atoms with van der Waals surface area (Å²) in [6, 6.07) is 7.02. The maximum Gasteiger partial charge on any atom is 0.356 e. The van der Waals surface area contributed by atoms with Crippen molar-refractivity contribution >= 4 is 5.97 Å². The number of hydrogen-bond acceptors (Lipinski definition) is 5. The fraction of sp³-hybridized carbons (Fsp3) is 0.286. The van der Waals surface area contributed by atoms with Crippen molar-refractivity contribution in [2.75, 3.05) is 20.8 Å². The van der Waals surface area contributed by atoms with Crippen molar-refractivity contribution in [1.29, 1.82) is 0 Å². The number of carbonyl (C=O) groups excluding carboxylic acids is 1. The normalized spacial score (nSPS) is 10.2. The molecule has 6 nitrogen and oxygen atoms in total. The first kappa shape index (κ1) is 13.9. The van der Waals surface area contributed by atoms with Crippen LogP contribution in [0.5, 0.6) is 11.5 Å². The molecule has 6 heteroatoms. The van der Waals surface area contributed by atoms with Crippen LogP contribution < -0.4 is 9.47 Å². The second-order valence-corrected chi connectivity index (χ2v) is 3.99. The molecule has 1 aromatic carbocycles. The van der Waals surface area contributed by atoms with Gasteiger partial charge in [0.05, 0.1) is 26.5 Å². The minimum atomic E-state index is -0.430. The van der Waals surface area contributed by atoms with Crippen molar-refractivity contribution in [1.82, 2.24) is 10.2 Å². The summed E-state index contributed by atoms with van der Waals surface area (Å²) in [7, 11) is 3.15. The Balaban J connectivity index is 2.34. The third kappa shape index (κ3) is 2.90.